The van der Waals surface area contributed by atoms with Gasteiger partial charge in [0.15, 0.2) is 0 Å². The van der Waals surface area contributed by atoms with Crippen LogP contribution in [0.2, 0.25) is 0 Å². The van der Waals surface area contributed by atoms with E-state index in [2.05, 4.69) is 15.3 Å². The molecular formula is C16H15N3OS2. The van der Waals surface area contributed by atoms with Crippen molar-refractivity contribution < 1.29 is 4.79 Å². The maximum atomic E-state index is 12.3. The van der Waals surface area contributed by atoms with Crippen LogP contribution >= 0.6 is 23.1 Å². The highest BCUT2D eigenvalue weighted by atomic mass is 32.2. The smallest absolute Gasteiger partial charge is 0.237 e. The van der Waals surface area contributed by atoms with Crippen molar-refractivity contribution in [3.8, 4) is 0 Å². The van der Waals surface area contributed by atoms with E-state index in [-0.39, 0.29) is 11.2 Å². The summed E-state index contributed by atoms with van der Waals surface area (Å²) in [5.74, 6) is -0.0316. The van der Waals surface area contributed by atoms with E-state index in [1.807, 2.05) is 49.6 Å². The zero-order valence-corrected chi connectivity index (χ0v) is 13.9. The lowest BCUT2D eigenvalue weighted by molar-refractivity contribution is -0.115. The van der Waals surface area contributed by atoms with Crippen LogP contribution in [0.5, 0.6) is 0 Å². The molecule has 0 fully saturated rings. The van der Waals surface area contributed by atoms with Crippen LogP contribution in [0.15, 0.2) is 47.1 Å². The van der Waals surface area contributed by atoms with Crippen molar-refractivity contribution in [2.75, 3.05) is 5.32 Å². The van der Waals surface area contributed by atoms with E-state index in [9.17, 15) is 4.79 Å². The summed E-state index contributed by atoms with van der Waals surface area (Å²) in [4.78, 5) is 21.8. The average molecular weight is 329 g/mol. The van der Waals surface area contributed by atoms with Crippen LogP contribution in [0.4, 0.5) is 5.69 Å². The SMILES string of the molecule is Cc1ccc(NC(=O)[C@H](C)Sc2ncnc3sccc23)cc1. The molecule has 2 aromatic heterocycles. The van der Waals surface area contributed by atoms with Crippen molar-refractivity contribution in [2.24, 2.45) is 0 Å². The number of carbonyl (C=O) groups is 1. The molecule has 0 aliphatic carbocycles. The number of rotatable bonds is 4. The number of nitrogens with one attached hydrogen (secondary N) is 1. The molecule has 1 aromatic carbocycles. The van der Waals surface area contributed by atoms with Crippen molar-refractivity contribution in [1.29, 1.82) is 0 Å². The summed E-state index contributed by atoms with van der Waals surface area (Å²) >= 11 is 3.03. The first-order valence-corrected chi connectivity index (χ1v) is 8.62. The Morgan fingerprint density at radius 2 is 2.00 bits per heavy atom. The minimum Gasteiger partial charge on any atom is -0.325 e. The van der Waals surface area contributed by atoms with Crippen molar-refractivity contribution in [2.45, 2.75) is 24.1 Å². The van der Waals surface area contributed by atoms with E-state index in [1.165, 1.54) is 17.3 Å². The molecule has 4 nitrogen and oxygen atoms in total. The standard InChI is InChI=1S/C16H15N3OS2/c1-10-3-5-12(6-4-10)19-14(20)11(2)22-16-13-7-8-21-15(13)17-9-18-16/h3-9,11H,1-2H3,(H,19,20)/t11-/m0/s1. The van der Waals surface area contributed by atoms with Crippen molar-refractivity contribution in [3.63, 3.8) is 0 Å². The first kappa shape index (κ1) is 15.0. The number of aryl methyl sites for hydroxylation is 1. The molecule has 1 atom stereocenters. The largest absolute Gasteiger partial charge is 0.325 e. The van der Waals surface area contributed by atoms with Crippen LogP contribution < -0.4 is 5.32 Å². The number of benzene rings is 1. The van der Waals surface area contributed by atoms with Crippen LogP contribution in [-0.2, 0) is 4.79 Å². The Bertz CT molecular complexity index is 799. The van der Waals surface area contributed by atoms with Gasteiger partial charge in [0, 0.05) is 11.1 Å². The number of hydrogen-bond acceptors (Lipinski definition) is 5. The van der Waals surface area contributed by atoms with Gasteiger partial charge in [0.25, 0.3) is 0 Å². The number of thioether (sulfide) groups is 1. The van der Waals surface area contributed by atoms with Crippen molar-refractivity contribution in [3.05, 3.63) is 47.6 Å². The number of nitrogens with zero attached hydrogens (tertiary/aromatic N) is 2. The monoisotopic (exact) mass is 329 g/mol. The topological polar surface area (TPSA) is 54.9 Å². The van der Waals surface area contributed by atoms with Crippen LogP contribution in [0, 0.1) is 6.92 Å². The molecule has 3 rings (SSSR count). The Hall–Kier alpha value is -1.92. The number of aromatic nitrogens is 2. The molecule has 1 N–H and O–H groups in total. The second kappa shape index (κ2) is 6.46. The van der Waals surface area contributed by atoms with E-state index in [0.717, 1.165) is 20.9 Å². The Labute approximate surface area is 137 Å². The Balaban J connectivity index is 1.71. The normalized spacial score (nSPS) is 12.3. The molecule has 6 heteroatoms. The minimum absolute atomic E-state index is 0.0316. The van der Waals surface area contributed by atoms with Gasteiger partial charge in [0.2, 0.25) is 5.91 Å². The van der Waals surface area contributed by atoms with Crippen molar-refractivity contribution >= 4 is 44.9 Å². The molecule has 22 heavy (non-hydrogen) atoms. The molecule has 0 radical (unpaired) electrons. The van der Waals surface area contributed by atoms with Gasteiger partial charge in [-0.1, -0.05) is 29.5 Å². The number of fused-ring (bicyclic) bond motifs is 1. The van der Waals surface area contributed by atoms with Gasteiger partial charge in [-0.05, 0) is 37.4 Å². The van der Waals surface area contributed by atoms with Gasteiger partial charge in [-0.25, -0.2) is 9.97 Å². The summed E-state index contributed by atoms with van der Waals surface area (Å²) in [5.41, 5.74) is 1.98. The molecule has 0 bridgehead atoms. The van der Waals surface area contributed by atoms with Gasteiger partial charge < -0.3 is 5.32 Å². The maximum absolute atomic E-state index is 12.3. The molecule has 1 amide bonds. The van der Waals surface area contributed by atoms with E-state index in [4.69, 9.17) is 0 Å². The Morgan fingerprint density at radius 1 is 1.23 bits per heavy atom. The van der Waals surface area contributed by atoms with Crippen molar-refractivity contribution in [1.82, 2.24) is 9.97 Å². The highest BCUT2D eigenvalue weighted by molar-refractivity contribution is 8.00. The zero-order valence-electron chi connectivity index (χ0n) is 12.2. The van der Waals surface area contributed by atoms with Gasteiger partial charge in [0.1, 0.15) is 16.2 Å². The lowest BCUT2D eigenvalue weighted by Gasteiger charge is -2.12. The van der Waals surface area contributed by atoms with Crippen LogP contribution in [0.3, 0.4) is 0 Å². The minimum atomic E-state index is -0.237. The predicted octanol–water partition coefficient (Wildman–Crippen LogP) is 4.12. The van der Waals surface area contributed by atoms with Gasteiger partial charge in [-0.2, -0.15) is 0 Å². The number of anilines is 1. The molecule has 0 aliphatic heterocycles. The van der Waals surface area contributed by atoms with Gasteiger partial charge in [0.05, 0.1) is 5.25 Å². The van der Waals surface area contributed by atoms with Crippen LogP contribution in [0.25, 0.3) is 10.2 Å². The maximum Gasteiger partial charge on any atom is 0.237 e. The third-order valence-corrected chi connectivity index (χ3v) is 5.14. The lowest BCUT2D eigenvalue weighted by Crippen LogP contribution is -2.22. The number of hydrogen-bond donors (Lipinski definition) is 1. The first-order valence-electron chi connectivity index (χ1n) is 6.86. The highest BCUT2D eigenvalue weighted by Crippen LogP contribution is 2.30. The van der Waals surface area contributed by atoms with Crippen LogP contribution in [-0.4, -0.2) is 21.1 Å². The molecule has 112 valence electrons. The Morgan fingerprint density at radius 3 is 2.77 bits per heavy atom. The first-order chi connectivity index (χ1) is 10.6. The lowest BCUT2D eigenvalue weighted by atomic mass is 10.2. The second-order valence-corrected chi connectivity index (χ2v) is 7.16. The number of thiophene rings is 1. The molecular weight excluding hydrogens is 314 g/mol. The molecule has 0 saturated carbocycles. The van der Waals surface area contributed by atoms with E-state index in [0.29, 0.717) is 0 Å². The van der Waals surface area contributed by atoms with E-state index in [1.54, 1.807) is 17.7 Å². The van der Waals surface area contributed by atoms with Gasteiger partial charge in [-0.15, -0.1) is 11.3 Å². The molecule has 0 aliphatic rings. The molecule has 0 unspecified atom stereocenters. The van der Waals surface area contributed by atoms with Crippen LogP contribution in [0.1, 0.15) is 12.5 Å². The fraction of sp³-hybridized carbons (Fsp3) is 0.188. The summed E-state index contributed by atoms with van der Waals surface area (Å²) < 4.78 is 0. The summed E-state index contributed by atoms with van der Waals surface area (Å²) in [6, 6.07) is 9.77. The average Bonchev–Trinajstić information content (AvgIpc) is 2.99. The van der Waals surface area contributed by atoms with Gasteiger partial charge >= 0.3 is 0 Å². The summed E-state index contributed by atoms with van der Waals surface area (Å²) in [6.07, 6.45) is 1.55. The molecule has 0 spiro atoms. The summed E-state index contributed by atoms with van der Waals surface area (Å²) in [5, 5.41) is 6.53. The molecule has 3 aromatic rings. The predicted molar refractivity (Wildman–Crippen MR) is 92.5 cm³/mol. The highest BCUT2D eigenvalue weighted by Gasteiger charge is 2.17. The second-order valence-electron chi connectivity index (χ2n) is 4.93. The third-order valence-electron chi connectivity index (χ3n) is 3.20. The molecule has 0 saturated heterocycles. The molecule has 2 heterocycles. The van der Waals surface area contributed by atoms with E-state index >= 15 is 0 Å². The fourth-order valence-corrected chi connectivity index (χ4v) is 3.66. The summed E-state index contributed by atoms with van der Waals surface area (Å²) in [7, 11) is 0. The van der Waals surface area contributed by atoms with E-state index < -0.39 is 0 Å². The summed E-state index contributed by atoms with van der Waals surface area (Å²) in [6.45, 7) is 3.90. The fourth-order valence-electron chi connectivity index (χ4n) is 1.96. The quantitative estimate of drug-likeness (QED) is 0.578. The third kappa shape index (κ3) is 3.28. The zero-order chi connectivity index (χ0) is 15.5. The Kier molecular flexibility index (Phi) is 4.40. The number of amides is 1. The van der Waals surface area contributed by atoms with Gasteiger partial charge in [-0.3, -0.25) is 4.79 Å². The number of carbonyl (C=O) groups excluding carboxylic acids is 1.